The Balaban J connectivity index is 2.25. The fourth-order valence-corrected chi connectivity index (χ4v) is 3.72. The molecule has 29 heavy (non-hydrogen) atoms. The van der Waals surface area contributed by atoms with Gasteiger partial charge in [0.15, 0.2) is 5.65 Å². The van der Waals surface area contributed by atoms with Gasteiger partial charge in [-0.3, -0.25) is 9.78 Å². The van der Waals surface area contributed by atoms with E-state index in [1.54, 1.807) is 12.3 Å². The van der Waals surface area contributed by atoms with Crippen molar-refractivity contribution in [2.24, 2.45) is 5.73 Å². The maximum atomic E-state index is 12.2. The number of aromatic nitrogens is 4. The predicted molar refractivity (Wildman–Crippen MR) is 116 cm³/mol. The monoisotopic (exact) mass is 395 g/mol. The van der Waals surface area contributed by atoms with Crippen LogP contribution in [0.5, 0.6) is 0 Å². The first-order valence-corrected chi connectivity index (χ1v) is 9.52. The highest BCUT2D eigenvalue weighted by molar-refractivity contribution is 5.93. The molecule has 3 rings (SSSR count). The van der Waals surface area contributed by atoms with Gasteiger partial charge in [0.2, 0.25) is 5.95 Å². The summed E-state index contributed by atoms with van der Waals surface area (Å²) < 4.78 is 1.50. The molecule has 0 atom stereocenters. The number of fused-ring (bicyclic) bond motifs is 1. The summed E-state index contributed by atoms with van der Waals surface area (Å²) in [5.74, 6) is -0.0504. The van der Waals surface area contributed by atoms with Crippen LogP contribution in [0.4, 0.5) is 11.6 Å². The lowest BCUT2D eigenvalue weighted by Crippen LogP contribution is -2.53. The highest BCUT2D eigenvalue weighted by Crippen LogP contribution is 2.31. The summed E-state index contributed by atoms with van der Waals surface area (Å²) in [6, 6.07) is 5.38. The van der Waals surface area contributed by atoms with Crippen LogP contribution < -0.4 is 16.4 Å². The average Bonchev–Trinajstić information content (AvgIpc) is 2.96. The van der Waals surface area contributed by atoms with Crippen molar-refractivity contribution < 1.29 is 4.79 Å². The van der Waals surface area contributed by atoms with Gasteiger partial charge in [-0.15, -0.1) is 5.10 Å². The van der Waals surface area contributed by atoms with Crippen molar-refractivity contribution >= 4 is 23.2 Å². The molecular weight excluding hydrogens is 366 g/mol. The lowest BCUT2D eigenvalue weighted by atomic mass is 9.97. The Morgan fingerprint density at radius 3 is 2.17 bits per heavy atom. The van der Waals surface area contributed by atoms with Crippen LogP contribution in [0.3, 0.4) is 0 Å². The van der Waals surface area contributed by atoms with E-state index in [2.05, 4.69) is 56.5 Å². The van der Waals surface area contributed by atoms with E-state index in [4.69, 9.17) is 16.5 Å². The number of nitrogens with two attached hydrogens (primary N) is 2. The Hall–Kier alpha value is -3.16. The second kappa shape index (κ2) is 6.72. The number of pyridine rings is 2. The molecule has 154 valence electrons. The first-order valence-electron chi connectivity index (χ1n) is 9.52. The first-order chi connectivity index (χ1) is 13.3. The first kappa shape index (κ1) is 20.6. The van der Waals surface area contributed by atoms with Gasteiger partial charge in [0.1, 0.15) is 5.69 Å². The van der Waals surface area contributed by atoms with Crippen molar-refractivity contribution in [2.45, 2.75) is 59.5 Å². The van der Waals surface area contributed by atoms with E-state index in [0.717, 1.165) is 16.8 Å². The van der Waals surface area contributed by atoms with E-state index in [1.807, 2.05) is 19.1 Å². The molecule has 0 saturated carbocycles. The van der Waals surface area contributed by atoms with E-state index in [0.29, 0.717) is 17.3 Å². The van der Waals surface area contributed by atoms with E-state index >= 15 is 0 Å². The molecule has 0 saturated heterocycles. The lowest BCUT2D eigenvalue weighted by Gasteiger charge is -2.44. The summed E-state index contributed by atoms with van der Waals surface area (Å²) in [5, 5.41) is 4.62. The summed E-state index contributed by atoms with van der Waals surface area (Å²) in [6.07, 6.45) is 1.72. The van der Waals surface area contributed by atoms with Gasteiger partial charge in [-0.1, -0.05) is 0 Å². The minimum absolute atomic E-state index is 0.228. The Morgan fingerprint density at radius 1 is 1.03 bits per heavy atom. The van der Waals surface area contributed by atoms with Gasteiger partial charge >= 0.3 is 0 Å². The molecule has 3 heterocycles. The molecule has 0 radical (unpaired) electrons. The number of anilines is 2. The number of nitrogens with zero attached hydrogens (tertiary/aromatic N) is 5. The fourth-order valence-electron chi connectivity index (χ4n) is 3.72. The van der Waals surface area contributed by atoms with Crippen molar-refractivity contribution in [1.29, 1.82) is 0 Å². The van der Waals surface area contributed by atoms with Gasteiger partial charge in [-0.2, -0.15) is 4.98 Å². The molecule has 8 nitrogen and oxygen atoms in total. The van der Waals surface area contributed by atoms with Crippen LogP contribution in [0.2, 0.25) is 0 Å². The molecule has 0 aliphatic heterocycles. The van der Waals surface area contributed by atoms with Crippen molar-refractivity contribution in [3.63, 3.8) is 0 Å². The molecular formula is C21H29N7O. The lowest BCUT2D eigenvalue weighted by molar-refractivity contribution is 0.0993. The molecule has 8 heteroatoms. The van der Waals surface area contributed by atoms with Gasteiger partial charge in [0.05, 0.1) is 11.4 Å². The molecule has 0 unspecified atom stereocenters. The molecule has 0 bridgehead atoms. The number of primary amides is 1. The third-order valence-corrected chi connectivity index (χ3v) is 4.68. The number of hydrogen-bond acceptors (Lipinski definition) is 6. The maximum absolute atomic E-state index is 12.2. The minimum Gasteiger partial charge on any atom is -0.397 e. The molecule has 0 aliphatic carbocycles. The predicted octanol–water partition coefficient (Wildman–Crippen LogP) is 3.18. The summed E-state index contributed by atoms with van der Waals surface area (Å²) in [4.78, 5) is 23.3. The largest absolute Gasteiger partial charge is 0.397 e. The van der Waals surface area contributed by atoms with Gasteiger partial charge in [-0.25, -0.2) is 4.52 Å². The summed E-state index contributed by atoms with van der Waals surface area (Å²) in [5.41, 5.74) is 14.9. The van der Waals surface area contributed by atoms with Crippen LogP contribution in [0, 0.1) is 6.92 Å². The van der Waals surface area contributed by atoms with Crippen LogP contribution >= 0.6 is 0 Å². The maximum Gasteiger partial charge on any atom is 0.267 e. The zero-order chi connectivity index (χ0) is 21.7. The number of aryl methyl sites for hydroxylation is 1. The quantitative estimate of drug-likeness (QED) is 0.704. The van der Waals surface area contributed by atoms with Crippen molar-refractivity contribution in [1.82, 2.24) is 19.6 Å². The molecule has 0 aliphatic rings. The smallest absolute Gasteiger partial charge is 0.267 e. The SMILES string of the molecule is Cc1ncc(-c2cc(C(N)=O)n3nc(N(C(C)(C)C)C(C)(C)C)nc3c2)cc1N. The normalized spacial score (nSPS) is 12.4. The molecule has 0 fully saturated rings. The van der Waals surface area contributed by atoms with Gasteiger partial charge in [0.25, 0.3) is 5.91 Å². The standard InChI is InChI=1S/C21H29N7O/c1-12-15(22)8-14(11-24-12)13-9-16(18(23)29)27-17(10-13)25-19(26-27)28(20(2,3)4)21(5,6)7/h8-11H,22H2,1-7H3,(H2,23,29). The van der Waals surface area contributed by atoms with E-state index in [9.17, 15) is 4.79 Å². The van der Waals surface area contributed by atoms with Gasteiger partial charge in [-0.05, 0) is 72.2 Å². The molecule has 0 spiro atoms. The van der Waals surface area contributed by atoms with Gasteiger partial charge in [0, 0.05) is 22.8 Å². The van der Waals surface area contributed by atoms with Crippen LogP contribution in [0.15, 0.2) is 24.4 Å². The van der Waals surface area contributed by atoms with E-state index < -0.39 is 5.91 Å². The molecule has 4 N–H and O–H groups in total. The molecule has 1 amide bonds. The highest BCUT2D eigenvalue weighted by Gasteiger charge is 2.34. The third kappa shape index (κ3) is 3.87. The Bertz CT molecular complexity index is 1070. The number of carbonyl (C=O) groups is 1. The second-order valence-corrected chi connectivity index (χ2v) is 9.25. The van der Waals surface area contributed by atoms with Crippen molar-refractivity contribution in [2.75, 3.05) is 10.6 Å². The van der Waals surface area contributed by atoms with Crippen molar-refractivity contribution in [3.05, 3.63) is 35.8 Å². The average molecular weight is 396 g/mol. The van der Waals surface area contributed by atoms with Crippen LogP contribution in [-0.2, 0) is 0 Å². The summed E-state index contributed by atoms with van der Waals surface area (Å²) in [7, 11) is 0. The number of rotatable bonds is 3. The van der Waals surface area contributed by atoms with E-state index in [1.165, 1.54) is 4.52 Å². The number of amides is 1. The topological polar surface area (TPSA) is 115 Å². The Labute approximate surface area is 170 Å². The highest BCUT2D eigenvalue weighted by atomic mass is 16.1. The Morgan fingerprint density at radius 2 is 1.66 bits per heavy atom. The van der Waals surface area contributed by atoms with Gasteiger partial charge < -0.3 is 16.4 Å². The van der Waals surface area contributed by atoms with E-state index in [-0.39, 0.29) is 16.8 Å². The molecule has 0 aromatic carbocycles. The fraction of sp³-hybridized carbons (Fsp3) is 0.429. The summed E-state index contributed by atoms with van der Waals surface area (Å²) >= 11 is 0. The molecule has 3 aromatic rings. The zero-order valence-electron chi connectivity index (χ0n) is 18.1. The minimum atomic E-state index is -0.584. The second-order valence-electron chi connectivity index (χ2n) is 9.25. The van der Waals surface area contributed by atoms with Crippen LogP contribution in [0.1, 0.15) is 57.7 Å². The van der Waals surface area contributed by atoms with Crippen LogP contribution in [-0.4, -0.2) is 36.6 Å². The Kier molecular flexibility index (Phi) is 4.77. The zero-order valence-corrected chi connectivity index (χ0v) is 18.1. The van der Waals surface area contributed by atoms with Crippen molar-refractivity contribution in [3.8, 4) is 11.1 Å². The number of carbonyl (C=O) groups excluding carboxylic acids is 1. The van der Waals surface area contributed by atoms with Crippen LogP contribution in [0.25, 0.3) is 16.8 Å². The number of hydrogen-bond donors (Lipinski definition) is 2. The molecule has 3 aromatic heterocycles. The summed E-state index contributed by atoms with van der Waals surface area (Å²) in [6.45, 7) is 14.5. The third-order valence-electron chi connectivity index (χ3n) is 4.68. The number of nitrogen functional groups attached to an aromatic ring is 1.